The van der Waals surface area contributed by atoms with Gasteiger partial charge in [0.2, 0.25) is 12.4 Å². The predicted octanol–water partition coefficient (Wildman–Crippen LogP) is 7.64. The van der Waals surface area contributed by atoms with Gasteiger partial charge in [-0.2, -0.15) is 0 Å². The molecule has 2 atom stereocenters. The van der Waals surface area contributed by atoms with Gasteiger partial charge < -0.3 is 10.6 Å². The monoisotopic (exact) mass is 793 g/mol. The molecule has 0 saturated heterocycles. The molecule has 6 aromatic rings. The number of hydrogen-bond donors (Lipinski definition) is 3. The Balaban J connectivity index is 0.000000164. The molecule has 60 heavy (non-hydrogen) atoms. The van der Waals surface area contributed by atoms with E-state index in [0.29, 0.717) is 37.4 Å². The maximum Gasteiger partial charge on any atom is 0.266 e. The molecule has 11 nitrogen and oxygen atoms in total. The Morgan fingerprint density at radius 3 is 1.48 bits per heavy atom. The highest BCUT2D eigenvalue weighted by atomic mass is 16.5. The number of amides is 2. The minimum Gasteiger partial charge on any atom is -0.344 e. The van der Waals surface area contributed by atoms with Crippen LogP contribution in [-0.4, -0.2) is 44.9 Å². The van der Waals surface area contributed by atoms with Crippen LogP contribution in [0.4, 0.5) is 11.4 Å². The van der Waals surface area contributed by atoms with Gasteiger partial charge in [0.25, 0.3) is 11.8 Å². The number of pyridine rings is 2. The standard InChI is InChI=1S/C24H20N4O2.C24H20N4O.CH4/c1-15(16-5-3-2-4-6-16)26-24(29)22-12-18-11-19-14-25-23(20(19)13-21(18)27-22)17-7-9-28(30)10-8-17;1-15(16-5-3-2-4-6-16)27-24(29)22-12-18-11-19-14-26-23(17-7-9-25-10-8-17)20(19)13-21(18)28-22;/h2-11,13,15H,12,14H2,1H3,(H-,25,26,29,30);2-11,13,15H,12,14H2,1H3,(H,27,29);1H4/p+1/t2*15-;/m11./s1. The molecule has 2 aromatic heterocycles. The molecule has 10 rings (SSSR count). The molecule has 4 aromatic carbocycles. The number of benzene rings is 4. The summed E-state index contributed by atoms with van der Waals surface area (Å²) in [5.41, 5.74) is 15.4. The fourth-order valence-electron chi connectivity index (χ4n) is 7.84. The third kappa shape index (κ3) is 8.02. The minimum atomic E-state index is -0.132. The van der Waals surface area contributed by atoms with Crippen LogP contribution in [0.3, 0.4) is 0 Å². The molecular weight excluding hydrogens is 749 g/mol. The summed E-state index contributed by atoms with van der Waals surface area (Å²) in [6.07, 6.45) is 7.80. The molecule has 0 aliphatic carbocycles. The van der Waals surface area contributed by atoms with Crippen molar-refractivity contribution in [3.63, 3.8) is 0 Å². The Bertz CT molecular complexity index is 2730. The van der Waals surface area contributed by atoms with Crippen LogP contribution >= 0.6 is 0 Å². The molecule has 0 radical (unpaired) electrons. The molecule has 0 fully saturated rings. The van der Waals surface area contributed by atoms with E-state index in [1.54, 1.807) is 24.8 Å². The van der Waals surface area contributed by atoms with Gasteiger partial charge in [-0.25, -0.2) is 9.98 Å². The number of aromatic nitrogens is 2. The Labute approximate surface area is 349 Å². The van der Waals surface area contributed by atoms with Crippen molar-refractivity contribution >= 4 is 46.0 Å². The molecule has 4 aliphatic heterocycles. The molecule has 0 unspecified atom stereocenters. The van der Waals surface area contributed by atoms with Crippen molar-refractivity contribution in [2.75, 3.05) is 0 Å². The summed E-state index contributed by atoms with van der Waals surface area (Å²) in [5.74, 6) is -0.243. The van der Waals surface area contributed by atoms with Crippen molar-refractivity contribution in [2.45, 2.75) is 59.3 Å². The molecule has 4 aliphatic rings. The van der Waals surface area contributed by atoms with Gasteiger partial charge in [-0.3, -0.25) is 29.8 Å². The van der Waals surface area contributed by atoms with Gasteiger partial charge in [-0.15, -0.1) is 0 Å². The highest BCUT2D eigenvalue weighted by molar-refractivity contribution is 6.41. The summed E-state index contributed by atoms with van der Waals surface area (Å²) in [6, 6.07) is 35.6. The average molecular weight is 794 g/mol. The van der Waals surface area contributed by atoms with E-state index >= 15 is 0 Å². The number of rotatable bonds is 8. The summed E-state index contributed by atoms with van der Waals surface area (Å²) >= 11 is 0. The summed E-state index contributed by atoms with van der Waals surface area (Å²) in [5, 5.41) is 15.6. The van der Waals surface area contributed by atoms with Crippen LogP contribution in [0.15, 0.2) is 154 Å². The van der Waals surface area contributed by atoms with E-state index in [1.165, 1.54) is 5.56 Å². The lowest BCUT2D eigenvalue weighted by molar-refractivity contribution is -0.904. The maximum atomic E-state index is 12.8. The molecule has 2 amide bonds. The van der Waals surface area contributed by atoms with Gasteiger partial charge in [0.05, 0.1) is 48.0 Å². The number of hydrogen-bond acceptors (Lipinski definition) is 8. The van der Waals surface area contributed by atoms with Crippen molar-refractivity contribution in [1.29, 1.82) is 0 Å². The van der Waals surface area contributed by atoms with E-state index in [0.717, 1.165) is 77.6 Å². The van der Waals surface area contributed by atoms with Gasteiger partial charge in [-0.1, -0.05) is 80.2 Å². The zero-order chi connectivity index (χ0) is 40.5. The SMILES string of the molecule is C.C[C@@H](NC(=O)C1=Nc2cc3c(cc2C1)CN=C3c1cc[n+](O)cc1)c1ccccc1.C[C@@H](NC(=O)C1=Nc2cc3c(cc2C1)CN=C3c1ccncc1)c1ccccc1. The Hall–Kier alpha value is -7.40. The van der Waals surface area contributed by atoms with Crippen LogP contribution in [0.2, 0.25) is 0 Å². The number of carbonyl (C=O) groups excluding carboxylic acids is 2. The van der Waals surface area contributed by atoms with Crippen molar-refractivity contribution in [1.82, 2.24) is 15.6 Å². The largest absolute Gasteiger partial charge is 0.344 e. The summed E-state index contributed by atoms with van der Waals surface area (Å²) in [6.45, 7) is 5.23. The highest BCUT2D eigenvalue weighted by Crippen LogP contribution is 2.36. The smallest absolute Gasteiger partial charge is 0.266 e. The summed E-state index contributed by atoms with van der Waals surface area (Å²) in [7, 11) is 0. The maximum absolute atomic E-state index is 12.8. The molecule has 11 heteroatoms. The quantitative estimate of drug-likeness (QED) is 0.107. The molecule has 0 bridgehead atoms. The van der Waals surface area contributed by atoms with Gasteiger partial charge in [-0.05, 0) is 71.5 Å². The first kappa shape index (κ1) is 39.4. The first-order chi connectivity index (χ1) is 28.8. The third-order valence-electron chi connectivity index (χ3n) is 11.0. The number of carbonyl (C=O) groups is 2. The normalized spacial score (nSPS) is 14.9. The summed E-state index contributed by atoms with van der Waals surface area (Å²) in [4.78, 5) is 48.3. The molecule has 0 spiro atoms. The molecule has 6 heterocycles. The predicted molar refractivity (Wildman–Crippen MR) is 234 cm³/mol. The van der Waals surface area contributed by atoms with E-state index in [2.05, 4.69) is 48.8 Å². The molecular formula is C49H45N8O3+. The number of nitrogens with one attached hydrogen (secondary N) is 2. The van der Waals surface area contributed by atoms with Crippen LogP contribution in [0.25, 0.3) is 0 Å². The molecule has 0 saturated carbocycles. The Kier molecular flexibility index (Phi) is 11.1. The third-order valence-corrected chi connectivity index (χ3v) is 11.0. The second kappa shape index (κ2) is 16.8. The highest BCUT2D eigenvalue weighted by Gasteiger charge is 2.28. The van der Waals surface area contributed by atoms with Crippen LogP contribution in [0.1, 0.15) is 89.0 Å². The zero-order valence-electron chi connectivity index (χ0n) is 32.6. The van der Waals surface area contributed by atoms with Crippen LogP contribution in [-0.2, 0) is 35.5 Å². The van der Waals surface area contributed by atoms with E-state index in [9.17, 15) is 14.8 Å². The van der Waals surface area contributed by atoms with E-state index in [1.807, 2.05) is 105 Å². The van der Waals surface area contributed by atoms with Gasteiger partial charge in [0.1, 0.15) is 11.4 Å². The fourth-order valence-corrected chi connectivity index (χ4v) is 7.84. The van der Waals surface area contributed by atoms with E-state index in [-0.39, 0.29) is 31.3 Å². The average Bonchev–Trinajstić information content (AvgIpc) is 4.08. The van der Waals surface area contributed by atoms with Crippen molar-refractivity contribution in [3.8, 4) is 0 Å². The number of fused-ring (bicyclic) bond motifs is 4. The zero-order valence-corrected chi connectivity index (χ0v) is 32.6. The number of nitrogens with zero attached hydrogens (tertiary/aromatic N) is 6. The second-order valence-corrected chi connectivity index (χ2v) is 15.0. The first-order valence-corrected chi connectivity index (χ1v) is 19.7. The second-order valence-electron chi connectivity index (χ2n) is 15.0. The van der Waals surface area contributed by atoms with Crippen molar-refractivity contribution < 1.29 is 19.5 Å². The van der Waals surface area contributed by atoms with Crippen LogP contribution in [0.5, 0.6) is 0 Å². The first-order valence-electron chi connectivity index (χ1n) is 19.7. The fraction of sp³-hybridized carbons (Fsp3) is 0.184. The number of aliphatic imine (C=N–C) groups is 4. The molecule has 298 valence electrons. The van der Waals surface area contributed by atoms with E-state index in [4.69, 9.17) is 4.99 Å². The lowest BCUT2D eigenvalue weighted by Crippen LogP contribution is -2.33. The molecule has 3 N–H and O–H groups in total. The van der Waals surface area contributed by atoms with Gasteiger partial charge in [0, 0.05) is 64.4 Å². The topological polar surface area (TPSA) is 145 Å². The van der Waals surface area contributed by atoms with Gasteiger partial charge >= 0.3 is 0 Å². The van der Waals surface area contributed by atoms with Crippen molar-refractivity contribution in [3.05, 3.63) is 190 Å². The van der Waals surface area contributed by atoms with E-state index < -0.39 is 0 Å². The lowest BCUT2D eigenvalue weighted by atomic mass is 9.97. The Morgan fingerprint density at radius 2 is 1.03 bits per heavy atom. The Morgan fingerprint density at radius 1 is 0.600 bits per heavy atom. The lowest BCUT2D eigenvalue weighted by Gasteiger charge is -2.14. The summed E-state index contributed by atoms with van der Waals surface area (Å²) < 4.78 is 1.01. The van der Waals surface area contributed by atoms with Crippen LogP contribution < -0.4 is 15.4 Å². The minimum absolute atomic E-state index is 0. The van der Waals surface area contributed by atoms with Crippen LogP contribution in [0, 0.1) is 0 Å². The van der Waals surface area contributed by atoms with Gasteiger partial charge in [0.15, 0.2) is 0 Å². The van der Waals surface area contributed by atoms with Crippen molar-refractivity contribution in [2.24, 2.45) is 20.0 Å².